The summed E-state index contributed by atoms with van der Waals surface area (Å²) in [4.78, 5) is 11.5. The lowest BCUT2D eigenvalue weighted by atomic mass is 9.84. The fourth-order valence-corrected chi connectivity index (χ4v) is 1.99. The highest BCUT2D eigenvalue weighted by atomic mass is 16.5. The van der Waals surface area contributed by atoms with Crippen LogP contribution < -0.4 is 0 Å². The van der Waals surface area contributed by atoms with Crippen molar-refractivity contribution in [2.75, 3.05) is 6.61 Å². The molecule has 0 aliphatic heterocycles. The van der Waals surface area contributed by atoms with Gasteiger partial charge in [-0.2, -0.15) is 5.26 Å². The van der Waals surface area contributed by atoms with Crippen LogP contribution in [0.25, 0.3) is 0 Å². The predicted octanol–water partition coefficient (Wildman–Crippen LogP) is 2.58. The molecule has 0 spiro atoms. The monoisotopic (exact) mass is 207 g/mol. The number of nitriles is 1. The van der Waals surface area contributed by atoms with E-state index < -0.39 is 5.97 Å². The van der Waals surface area contributed by atoms with Gasteiger partial charge >= 0.3 is 5.97 Å². The molecule has 0 amide bonds. The second kappa shape index (κ2) is 5.55. The third-order valence-electron chi connectivity index (χ3n) is 2.72. The lowest BCUT2D eigenvalue weighted by Gasteiger charge is -2.21. The van der Waals surface area contributed by atoms with E-state index in [2.05, 4.69) is 6.92 Å². The Morgan fingerprint density at radius 3 is 2.93 bits per heavy atom. The second-order valence-electron chi connectivity index (χ2n) is 4.01. The van der Waals surface area contributed by atoms with Crippen LogP contribution in [0.1, 0.15) is 39.5 Å². The number of ether oxygens (including phenoxy) is 1. The summed E-state index contributed by atoms with van der Waals surface area (Å²) in [7, 11) is 0. The van der Waals surface area contributed by atoms with Crippen LogP contribution in [0.15, 0.2) is 11.1 Å². The molecule has 0 N–H and O–H groups in total. The molecule has 0 heterocycles. The van der Waals surface area contributed by atoms with Gasteiger partial charge in [-0.05, 0) is 37.7 Å². The van der Waals surface area contributed by atoms with Gasteiger partial charge in [-0.15, -0.1) is 0 Å². The van der Waals surface area contributed by atoms with Crippen LogP contribution in [0.4, 0.5) is 0 Å². The molecule has 1 aliphatic rings. The van der Waals surface area contributed by atoms with E-state index in [9.17, 15) is 4.79 Å². The second-order valence-corrected chi connectivity index (χ2v) is 4.01. The summed E-state index contributed by atoms with van der Waals surface area (Å²) in [5, 5.41) is 8.95. The zero-order chi connectivity index (χ0) is 11.3. The molecule has 1 aliphatic carbocycles. The molecule has 0 aromatic carbocycles. The van der Waals surface area contributed by atoms with Crippen LogP contribution in [0.5, 0.6) is 0 Å². The Morgan fingerprint density at radius 2 is 2.40 bits per heavy atom. The lowest BCUT2D eigenvalue weighted by molar-refractivity contribution is -0.138. The molecule has 0 aromatic rings. The quantitative estimate of drug-likeness (QED) is 0.397. The first-order valence-corrected chi connectivity index (χ1v) is 5.48. The van der Waals surface area contributed by atoms with E-state index in [-0.39, 0.29) is 5.57 Å². The van der Waals surface area contributed by atoms with Crippen molar-refractivity contribution >= 4 is 5.97 Å². The number of esters is 1. The summed E-state index contributed by atoms with van der Waals surface area (Å²) in [6.45, 7) is 4.23. The Morgan fingerprint density at radius 1 is 1.67 bits per heavy atom. The SMILES string of the molecule is CCOC(=O)C(C#N)=C1CCCC(C)C1. The highest BCUT2D eigenvalue weighted by Crippen LogP contribution is 2.30. The molecule has 15 heavy (non-hydrogen) atoms. The fraction of sp³-hybridized carbons (Fsp3) is 0.667. The molecule has 82 valence electrons. The Labute approximate surface area is 90.7 Å². The Bertz CT molecular complexity index is 312. The van der Waals surface area contributed by atoms with Crippen LogP contribution in [-0.2, 0) is 9.53 Å². The van der Waals surface area contributed by atoms with Gasteiger partial charge in [0.1, 0.15) is 11.6 Å². The van der Waals surface area contributed by atoms with Crippen molar-refractivity contribution in [2.24, 2.45) is 5.92 Å². The summed E-state index contributed by atoms with van der Waals surface area (Å²) < 4.78 is 4.86. The largest absolute Gasteiger partial charge is 0.462 e. The molecular formula is C12H17NO2. The van der Waals surface area contributed by atoms with E-state index in [1.807, 2.05) is 6.07 Å². The highest BCUT2D eigenvalue weighted by molar-refractivity contribution is 5.93. The predicted molar refractivity (Wildman–Crippen MR) is 56.9 cm³/mol. The molecule has 3 nitrogen and oxygen atoms in total. The van der Waals surface area contributed by atoms with Gasteiger partial charge in [-0.3, -0.25) is 0 Å². The highest BCUT2D eigenvalue weighted by Gasteiger charge is 2.21. The van der Waals surface area contributed by atoms with E-state index in [0.717, 1.165) is 24.8 Å². The van der Waals surface area contributed by atoms with Crippen LogP contribution in [-0.4, -0.2) is 12.6 Å². The maximum atomic E-state index is 11.5. The molecule has 0 bridgehead atoms. The molecule has 1 rings (SSSR count). The summed E-state index contributed by atoms with van der Waals surface area (Å²) in [6.07, 6.45) is 3.99. The topological polar surface area (TPSA) is 50.1 Å². The van der Waals surface area contributed by atoms with E-state index in [4.69, 9.17) is 10.00 Å². The van der Waals surface area contributed by atoms with Crippen LogP contribution >= 0.6 is 0 Å². The Kier molecular flexibility index (Phi) is 4.36. The van der Waals surface area contributed by atoms with Gasteiger partial charge in [-0.1, -0.05) is 13.3 Å². The molecule has 0 radical (unpaired) electrons. The molecular weight excluding hydrogens is 190 g/mol. The Balaban J connectivity index is 2.83. The first-order valence-electron chi connectivity index (χ1n) is 5.48. The molecule has 1 atom stereocenters. The number of hydrogen-bond acceptors (Lipinski definition) is 3. The number of allylic oxidation sites excluding steroid dienone is 1. The van der Waals surface area contributed by atoms with Crippen LogP contribution in [0.3, 0.4) is 0 Å². The Hall–Kier alpha value is -1.30. The minimum absolute atomic E-state index is 0.239. The standard InChI is InChI=1S/C12H17NO2/c1-3-15-12(14)11(8-13)10-6-4-5-9(2)7-10/h9H,3-7H2,1-2H3. The van der Waals surface area contributed by atoms with Crippen molar-refractivity contribution in [1.82, 2.24) is 0 Å². The van der Waals surface area contributed by atoms with Crippen molar-refractivity contribution in [3.05, 3.63) is 11.1 Å². The van der Waals surface area contributed by atoms with Crippen LogP contribution in [0, 0.1) is 17.2 Å². The molecule has 0 aromatic heterocycles. The van der Waals surface area contributed by atoms with Gasteiger partial charge in [0.05, 0.1) is 6.61 Å². The van der Waals surface area contributed by atoms with Gasteiger partial charge in [0, 0.05) is 0 Å². The number of rotatable bonds is 2. The van der Waals surface area contributed by atoms with Crippen molar-refractivity contribution in [1.29, 1.82) is 5.26 Å². The first-order chi connectivity index (χ1) is 7.19. The number of nitrogens with zero attached hydrogens (tertiary/aromatic N) is 1. The molecule has 1 unspecified atom stereocenters. The van der Waals surface area contributed by atoms with Crippen molar-refractivity contribution in [2.45, 2.75) is 39.5 Å². The molecule has 0 saturated heterocycles. The summed E-state index contributed by atoms with van der Waals surface area (Å²) in [5.74, 6) is 0.121. The number of carbonyl (C=O) groups excluding carboxylic acids is 1. The van der Waals surface area contributed by atoms with Gasteiger partial charge in [-0.25, -0.2) is 4.79 Å². The van der Waals surface area contributed by atoms with Gasteiger partial charge in [0.2, 0.25) is 0 Å². The zero-order valence-corrected chi connectivity index (χ0v) is 9.38. The molecule has 3 heteroatoms. The normalized spacial score (nSPS) is 24.2. The minimum atomic E-state index is -0.455. The summed E-state index contributed by atoms with van der Waals surface area (Å²) in [5.41, 5.74) is 1.22. The van der Waals surface area contributed by atoms with Crippen molar-refractivity contribution < 1.29 is 9.53 Å². The smallest absolute Gasteiger partial charge is 0.348 e. The van der Waals surface area contributed by atoms with Gasteiger partial charge in [0.15, 0.2) is 0 Å². The average Bonchev–Trinajstić information content (AvgIpc) is 2.19. The van der Waals surface area contributed by atoms with E-state index >= 15 is 0 Å². The fourth-order valence-electron chi connectivity index (χ4n) is 1.99. The third-order valence-corrected chi connectivity index (χ3v) is 2.72. The maximum absolute atomic E-state index is 11.5. The summed E-state index contributed by atoms with van der Waals surface area (Å²) in [6, 6.07) is 1.98. The molecule has 1 saturated carbocycles. The summed E-state index contributed by atoms with van der Waals surface area (Å²) >= 11 is 0. The van der Waals surface area contributed by atoms with Crippen molar-refractivity contribution in [3.8, 4) is 6.07 Å². The van der Waals surface area contributed by atoms with Gasteiger partial charge in [0.25, 0.3) is 0 Å². The lowest BCUT2D eigenvalue weighted by Crippen LogP contribution is -2.13. The minimum Gasteiger partial charge on any atom is -0.462 e. The first kappa shape index (κ1) is 11.8. The average molecular weight is 207 g/mol. The molecule has 1 fully saturated rings. The number of hydrogen-bond donors (Lipinski definition) is 0. The zero-order valence-electron chi connectivity index (χ0n) is 9.38. The van der Waals surface area contributed by atoms with Gasteiger partial charge < -0.3 is 4.74 Å². The van der Waals surface area contributed by atoms with E-state index in [0.29, 0.717) is 12.5 Å². The van der Waals surface area contributed by atoms with E-state index in [1.54, 1.807) is 6.92 Å². The van der Waals surface area contributed by atoms with Crippen LogP contribution in [0.2, 0.25) is 0 Å². The number of carbonyl (C=O) groups is 1. The third kappa shape index (κ3) is 3.09. The van der Waals surface area contributed by atoms with Crippen molar-refractivity contribution in [3.63, 3.8) is 0 Å². The van der Waals surface area contributed by atoms with E-state index in [1.165, 1.54) is 6.42 Å². The maximum Gasteiger partial charge on any atom is 0.348 e.